The van der Waals surface area contributed by atoms with Gasteiger partial charge in [-0.2, -0.15) is 0 Å². The number of hydrogen-bond acceptors (Lipinski definition) is 4. The van der Waals surface area contributed by atoms with E-state index in [1.165, 1.54) is 0 Å². The fraction of sp³-hybridized carbons (Fsp3) is 0.750. The van der Waals surface area contributed by atoms with E-state index in [0.717, 1.165) is 0 Å². The lowest BCUT2D eigenvalue weighted by atomic mass is 9.95. The third-order valence-corrected chi connectivity index (χ3v) is 2.07. The van der Waals surface area contributed by atoms with Crippen LogP contribution in [0, 0.1) is 5.92 Å². The topological polar surface area (TPSA) is 55.4 Å². The first-order valence-electron chi connectivity index (χ1n) is 4.20. The van der Waals surface area contributed by atoms with Crippen LogP contribution in [-0.4, -0.2) is 31.7 Å². The molecular weight excluding hydrogens is 177 g/mol. The van der Waals surface area contributed by atoms with E-state index in [-0.39, 0.29) is 24.6 Å². The Labute approximate surface area is 75.4 Å². The molecule has 4 nitrogen and oxygen atoms in total. The summed E-state index contributed by atoms with van der Waals surface area (Å²) in [6, 6.07) is 0. The Morgan fingerprint density at radius 1 is 1.77 bits per heavy atom. The lowest BCUT2D eigenvalue weighted by molar-refractivity contribution is -0.145. The monoisotopic (exact) mass is 189 g/mol. The van der Waals surface area contributed by atoms with Gasteiger partial charge in [0.25, 0.3) is 6.47 Å². The SMILES string of the molecule is O=COC(F)CC1CNCCC1=O. The molecule has 0 radical (unpaired) electrons. The molecule has 1 rings (SSSR count). The van der Waals surface area contributed by atoms with Gasteiger partial charge < -0.3 is 10.1 Å². The molecule has 2 atom stereocenters. The second-order valence-electron chi connectivity index (χ2n) is 3.00. The highest BCUT2D eigenvalue weighted by Gasteiger charge is 2.25. The number of hydrogen-bond donors (Lipinski definition) is 1. The Bertz CT molecular complexity index is 198. The van der Waals surface area contributed by atoms with Gasteiger partial charge in [0.05, 0.1) is 0 Å². The van der Waals surface area contributed by atoms with Crippen molar-refractivity contribution in [3.05, 3.63) is 0 Å². The summed E-state index contributed by atoms with van der Waals surface area (Å²) in [5.41, 5.74) is 0. The summed E-state index contributed by atoms with van der Waals surface area (Å²) in [5.74, 6) is -0.320. The van der Waals surface area contributed by atoms with Gasteiger partial charge in [-0.3, -0.25) is 9.59 Å². The normalized spacial score (nSPS) is 25.3. The first kappa shape index (κ1) is 10.1. The molecule has 1 N–H and O–H groups in total. The van der Waals surface area contributed by atoms with Gasteiger partial charge in [0.2, 0.25) is 6.36 Å². The standard InChI is InChI=1S/C8H12FNO3/c9-8(13-5-11)3-6-4-10-2-1-7(6)12/h5-6,8,10H,1-4H2. The van der Waals surface area contributed by atoms with E-state index in [1.54, 1.807) is 0 Å². The molecule has 0 spiro atoms. The molecule has 74 valence electrons. The quantitative estimate of drug-likeness (QED) is 0.633. The van der Waals surface area contributed by atoms with Crippen LogP contribution in [0.1, 0.15) is 12.8 Å². The molecule has 1 aliphatic rings. The Balaban J connectivity index is 2.33. The van der Waals surface area contributed by atoms with Gasteiger partial charge >= 0.3 is 0 Å². The Morgan fingerprint density at radius 2 is 2.54 bits per heavy atom. The van der Waals surface area contributed by atoms with Crippen LogP contribution in [-0.2, 0) is 14.3 Å². The van der Waals surface area contributed by atoms with Crippen molar-refractivity contribution in [3.8, 4) is 0 Å². The molecule has 2 unspecified atom stereocenters. The number of piperidine rings is 1. The van der Waals surface area contributed by atoms with Gasteiger partial charge in [-0.1, -0.05) is 0 Å². The fourth-order valence-electron chi connectivity index (χ4n) is 1.36. The minimum Gasteiger partial charge on any atom is -0.433 e. The Morgan fingerprint density at radius 3 is 3.15 bits per heavy atom. The van der Waals surface area contributed by atoms with Gasteiger partial charge in [0.15, 0.2) is 0 Å². The highest BCUT2D eigenvalue weighted by molar-refractivity contribution is 5.82. The second kappa shape index (κ2) is 4.91. The number of ketones is 1. The molecule has 5 heteroatoms. The number of ether oxygens (including phenoxy) is 1. The van der Waals surface area contributed by atoms with Crippen molar-refractivity contribution in [2.75, 3.05) is 13.1 Å². The van der Waals surface area contributed by atoms with E-state index in [2.05, 4.69) is 10.1 Å². The van der Waals surface area contributed by atoms with Gasteiger partial charge in [0.1, 0.15) is 5.78 Å². The largest absolute Gasteiger partial charge is 0.433 e. The predicted molar refractivity (Wildman–Crippen MR) is 42.6 cm³/mol. The molecule has 1 heterocycles. The number of carbonyl (C=O) groups is 2. The van der Waals surface area contributed by atoms with Crippen molar-refractivity contribution in [3.63, 3.8) is 0 Å². The van der Waals surface area contributed by atoms with E-state index < -0.39 is 6.36 Å². The van der Waals surface area contributed by atoms with Crippen LogP contribution in [0.5, 0.6) is 0 Å². The lowest BCUT2D eigenvalue weighted by Gasteiger charge is -2.22. The number of alkyl halides is 1. The maximum atomic E-state index is 12.7. The van der Waals surface area contributed by atoms with Crippen molar-refractivity contribution in [2.24, 2.45) is 5.92 Å². The van der Waals surface area contributed by atoms with Gasteiger partial charge in [-0.05, 0) is 0 Å². The molecule has 0 aromatic rings. The van der Waals surface area contributed by atoms with Crippen molar-refractivity contribution in [1.82, 2.24) is 5.32 Å². The minimum atomic E-state index is -1.66. The highest BCUT2D eigenvalue weighted by atomic mass is 19.1. The van der Waals surface area contributed by atoms with Crippen LogP contribution in [0.2, 0.25) is 0 Å². The smallest absolute Gasteiger partial charge is 0.295 e. The van der Waals surface area contributed by atoms with Crippen LogP contribution in [0.15, 0.2) is 0 Å². The molecule has 1 fully saturated rings. The van der Waals surface area contributed by atoms with Crippen LogP contribution >= 0.6 is 0 Å². The lowest BCUT2D eigenvalue weighted by Crippen LogP contribution is -2.38. The molecule has 0 amide bonds. The average molecular weight is 189 g/mol. The third-order valence-electron chi connectivity index (χ3n) is 2.07. The van der Waals surface area contributed by atoms with Crippen molar-refractivity contribution in [2.45, 2.75) is 19.2 Å². The fourth-order valence-corrected chi connectivity index (χ4v) is 1.36. The highest BCUT2D eigenvalue weighted by Crippen LogP contribution is 2.14. The molecule has 13 heavy (non-hydrogen) atoms. The third kappa shape index (κ3) is 3.10. The summed E-state index contributed by atoms with van der Waals surface area (Å²) in [5, 5.41) is 2.98. The van der Waals surface area contributed by atoms with E-state index in [4.69, 9.17) is 0 Å². The number of halogens is 1. The summed E-state index contributed by atoms with van der Waals surface area (Å²) in [4.78, 5) is 21.0. The number of rotatable bonds is 4. The molecule has 0 bridgehead atoms. The van der Waals surface area contributed by atoms with E-state index in [1.807, 2.05) is 0 Å². The molecule has 1 aliphatic heterocycles. The maximum Gasteiger partial charge on any atom is 0.295 e. The zero-order valence-corrected chi connectivity index (χ0v) is 7.16. The minimum absolute atomic E-state index is 0.0371. The molecule has 0 aliphatic carbocycles. The van der Waals surface area contributed by atoms with E-state index >= 15 is 0 Å². The zero-order chi connectivity index (χ0) is 9.68. The van der Waals surface area contributed by atoms with E-state index in [9.17, 15) is 14.0 Å². The van der Waals surface area contributed by atoms with Gasteiger partial charge in [-0.15, -0.1) is 0 Å². The average Bonchev–Trinajstić information content (AvgIpc) is 2.09. The Kier molecular flexibility index (Phi) is 3.82. The van der Waals surface area contributed by atoms with Crippen LogP contribution in [0.3, 0.4) is 0 Å². The van der Waals surface area contributed by atoms with Gasteiger partial charge in [-0.25, -0.2) is 4.39 Å². The molecular formula is C8H12FNO3. The first-order valence-corrected chi connectivity index (χ1v) is 4.20. The molecule has 0 aromatic carbocycles. The van der Waals surface area contributed by atoms with E-state index in [0.29, 0.717) is 19.5 Å². The number of Topliss-reactive ketones (excluding diaryl/α,β-unsaturated/α-hetero) is 1. The van der Waals surface area contributed by atoms with Crippen molar-refractivity contribution < 1.29 is 18.7 Å². The number of carbonyl (C=O) groups excluding carboxylic acids is 2. The molecule has 0 saturated carbocycles. The zero-order valence-electron chi connectivity index (χ0n) is 7.16. The summed E-state index contributed by atoms with van der Waals surface area (Å²) in [6.07, 6.45) is -1.27. The predicted octanol–water partition coefficient (Wildman–Crippen LogP) is 0.0237. The second-order valence-corrected chi connectivity index (χ2v) is 3.00. The first-order chi connectivity index (χ1) is 6.24. The summed E-state index contributed by atoms with van der Waals surface area (Å²) < 4.78 is 16.8. The van der Waals surface area contributed by atoms with Crippen molar-refractivity contribution in [1.29, 1.82) is 0 Å². The van der Waals surface area contributed by atoms with Crippen LogP contribution in [0.25, 0.3) is 0 Å². The Hall–Kier alpha value is -0.970. The summed E-state index contributed by atoms with van der Waals surface area (Å²) >= 11 is 0. The summed E-state index contributed by atoms with van der Waals surface area (Å²) in [6.45, 7) is 1.19. The molecule has 1 saturated heterocycles. The maximum absolute atomic E-state index is 12.7. The molecule has 0 aromatic heterocycles. The van der Waals surface area contributed by atoms with Gasteiger partial charge in [0, 0.05) is 31.8 Å². The van der Waals surface area contributed by atoms with Crippen molar-refractivity contribution >= 4 is 12.3 Å². The number of nitrogens with one attached hydrogen (secondary N) is 1. The van der Waals surface area contributed by atoms with Crippen LogP contribution < -0.4 is 5.32 Å². The summed E-state index contributed by atoms with van der Waals surface area (Å²) in [7, 11) is 0. The van der Waals surface area contributed by atoms with Crippen LogP contribution in [0.4, 0.5) is 4.39 Å².